The number of rotatable bonds is 4. The van der Waals surface area contributed by atoms with Crippen molar-refractivity contribution in [3.05, 3.63) is 0 Å². The molecule has 17 heavy (non-hydrogen) atoms. The van der Waals surface area contributed by atoms with Gasteiger partial charge in [0.25, 0.3) is 0 Å². The first-order valence-electron chi connectivity index (χ1n) is 4.69. The van der Waals surface area contributed by atoms with Gasteiger partial charge < -0.3 is 16.2 Å². The van der Waals surface area contributed by atoms with E-state index in [0.717, 1.165) is 0 Å². The number of aliphatic carboxylic acids is 1. The van der Waals surface area contributed by atoms with Crippen LogP contribution in [0.1, 0.15) is 20.8 Å². The molecule has 8 heteroatoms. The molecule has 1 unspecified atom stereocenters. The molecule has 5 nitrogen and oxygen atoms in total. The summed E-state index contributed by atoms with van der Waals surface area (Å²) in [6.07, 6.45) is -4.90. The van der Waals surface area contributed by atoms with E-state index in [1.165, 1.54) is 13.8 Å². The molecule has 0 saturated carbocycles. The van der Waals surface area contributed by atoms with E-state index in [-0.39, 0.29) is 0 Å². The van der Waals surface area contributed by atoms with Crippen LogP contribution < -0.4 is 11.1 Å². The van der Waals surface area contributed by atoms with E-state index in [2.05, 4.69) is 0 Å². The molecule has 4 N–H and O–H groups in total. The minimum absolute atomic E-state index is 0.440. The van der Waals surface area contributed by atoms with Crippen molar-refractivity contribution >= 4 is 11.9 Å². The first-order chi connectivity index (χ1) is 7.32. The first-order valence-corrected chi connectivity index (χ1v) is 4.69. The normalized spacial score (nSPS) is 16.2. The second kappa shape index (κ2) is 4.52. The van der Waals surface area contributed by atoms with Gasteiger partial charge in [-0.15, -0.1) is 0 Å². The number of nitrogens with two attached hydrogens (primary N) is 1. The van der Waals surface area contributed by atoms with Gasteiger partial charge in [0.1, 0.15) is 0 Å². The summed E-state index contributed by atoms with van der Waals surface area (Å²) in [6.45, 7) is 2.63. The number of carboxylic acids is 1. The van der Waals surface area contributed by atoms with Crippen molar-refractivity contribution in [1.29, 1.82) is 0 Å². The van der Waals surface area contributed by atoms with Gasteiger partial charge in [-0.25, -0.2) is 0 Å². The molecule has 0 aromatic heterocycles. The number of amides is 1. The number of carbonyl (C=O) groups is 2. The molecule has 0 radical (unpaired) electrons. The summed E-state index contributed by atoms with van der Waals surface area (Å²) in [5.41, 5.74) is 0.454. The molecule has 0 rings (SSSR count). The Morgan fingerprint density at radius 1 is 1.24 bits per heavy atom. The lowest BCUT2D eigenvalue weighted by Gasteiger charge is -2.28. The van der Waals surface area contributed by atoms with Gasteiger partial charge in [0.2, 0.25) is 5.91 Å². The van der Waals surface area contributed by atoms with E-state index in [9.17, 15) is 22.8 Å². The highest BCUT2D eigenvalue weighted by Crippen LogP contribution is 2.28. The van der Waals surface area contributed by atoms with Crippen LogP contribution in [0.25, 0.3) is 0 Å². The standard InChI is InChI=1S/C9H15F3N2O3/c1-7(2,6(16)17)4-14-5(15)8(3,13)9(10,11)12/h4,13H2,1-3H3,(H,14,15)(H,16,17). The van der Waals surface area contributed by atoms with E-state index in [1.54, 1.807) is 0 Å². The van der Waals surface area contributed by atoms with E-state index in [1.807, 2.05) is 5.32 Å². The minimum atomic E-state index is -4.90. The van der Waals surface area contributed by atoms with Crippen molar-refractivity contribution in [1.82, 2.24) is 5.32 Å². The highest BCUT2D eigenvalue weighted by atomic mass is 19.4. The van der Waals surface area contributed by atoms with Gasteiger partial charge in [-0.3, -0.25) is 9.59 Å². The Labute approximate surface area is 96.2 Å². The average molecular weight is 256 g/mol. The van der Waals surface area contributed by atoms with Gasteiger partial charge in [0.15, 0.2) is 5.54 Å². The Bertz CT molecular complexity index is 324. The van der Waals surface area contributed by atoms with Crippen LogP contribution in [0, 0.1) is 5.41 Å². The summed E-state index contributed by atoms with van der Waals surface area (Å²) in [7, 11) is 0. The highest BCUT2D eigenvalue weighted by molar-refractivity contribution is 5.87. The molecular formula is C9H15F3N2O3. The van der Waals surface area contributed by atoms with Crippen LogP contribution in [0.3, 0.4) is 0 Å². The molecular weight excluding hydrogens is 241 g/mol. The topological polar surface area (TPSA) is 92.4 Å². The zero-order valence-corrected chi connectivity index (χ0v) is 9.68. The zero-order chi connectivity index (χ0) is 14.1. The predicted octanol–water partition coefficient (Wildman–Crippen LogP) is 0.493. The van der Waals surface area contributed by atoms with Gasteiger partial charge in [0, 0.05) is 6.54 Å². The van der Waals surface area contributed by atoms with Crippen LogP contribution in [0.15, 0.2) is 0 Å². The fourth-order valence-electron chi connectivity index (χ4n) is 0.689. The third-order valence-corrected chi connectivity index (χ3v) is 2.33. The lowest BCUT2D eigenvalue weighted by atomic mass is 9.93. The van der Waals surface area contributed by atoms with Gasteiger partial charge in [-0.05, 0) is 20.8 Å². The minimum Gasteiger partial charge on any atom is -0.481 e. The van der Waals surface area contributed by atoms with Crippen molar-refractivity contribution in [2.75, 3.05) is 6.54 Å². The SMILES string of the molecule is CC(C)(CNC(=O)C(C)(N)C(F)(F)F)C(=O)O. The Kier molecular flexibility index (Phi) is 4.17. The molecule has 0 aromatic rings. The summed E-state index contributed by atoms with van der Waals surface area (Å²) in [6, 6.07) is 0. The summed E-state index contributed by atoms with van der Waals surface area (Å²) < 4.78 is 37.1. The smallest absolute Gasteiger partial charge is 0.415 e. The Morgan fingerprint density at radius 3 is 1.94 bits per heavy atom. The first kappa shape index (κ1) is 15.7. The molecule has 0 aromatic carbocycles. The van der Waals surface area contributed by atoms with Gasteiger partial charge in [-0.2, -0.15) is 13.2 Å². The van der Waals surface area contributed by atoms with Crippen LogP contribution in [0.4, 0.5) is 13.2 Å². The summed E-state index contributed by atoms with van der Waals surface area (Å²) in [5, 5.41) is 10.6. The molecule has 0 bridgehead atoms. The quantitative estimate of drug-likeness (QED) is 0.682. The van der Waals surface area contributed by atoms with Crippen LogP contribution in [-0.2, 0) is 9.59 Å². The Hall–Kier alpha value is -1.31. The van der Waals surface area contributed by atoms with Crippen LogP contribution in [-0.4, -0.2) is 35.2 Å². The summed E-state index contributed by atoms with van der Waals surface area (Å²) in [4.78, 5) is 21.9. The van der Waals surface area contributed by atoms with Crippen molar-refractivity contribution in [2.24, 2.45) is 11.1 Å². The lowest BCUT2D eigenvalue weighted by Crippen LogP contribution is -2.62. The van der Waals surface area contributed by atoms with Crippen LogP contribution in [0.2, 0.25) is 0 Å². The maximum absolute atomic E-state index is 12.4. The number of hydrogen-bond acceptors (Lipinski definition) is 3. The number of carboxylic acid groups (broad SMARTS) is 1. The molecule has 0 aliphatic carbocycles. The molecule has 0 heterocycles. The number of halogens is 3. The van der Waals surface area contributed by atoms with E-state index < -0.39 is 35.6 Å². The zero-order valence-electron chi connectivity index (χ0n) is 9.68. The molecule has 0 saturated heterocycles. The Morgan fingerprint density at radius 2 is 1.65 bits per heavy atom. The molecule has 0 aliphatic rings. The third-order valence-electron chi connectivity index (χ3n) is 2.33. The Balaban J connectivity index is 4.64. The predicted molar refractivity (Wildman–Crippen MR) is 53.1 cm³/mol. The van der Waals surface area contributed by atoms with Crippen LogP contribution in [0.5, 0.6) is 0 Å². The number of alkyl halides is 3. The fourth-order valence-corrected chi connectivity index (χ4v) is 0.689. The molecule has 0 aliphatic heterocycles. The average Bonchev–Trinajstić information content (AvgIpc) is 2.12. The fraction of sp³-hybridized carbons (Fsp3) is 0.778. The second-order valence-electron chi connectivity index (χ2n) is 4.57. The van der Waals surface area contributed by atoms with Gasteiger partial charge in [0.05, 0.1) is 5.41 Å². The third kappa shape index (κ3) is 3.58. The molecule has 1 amide bonds. The van der Waals surface area contributed by atoms with Crippen molar-refractivity contribution in [2.45, 2.75) is 32.5 Å². The maximum Gasteiger partial charge on any atom is 0.415 e. The van der Waals surface area contributed by atoms with E-state index >= 15 is 0 Å². The van der Waals surface area contributed by atoms with Gasteiger partial charge in [-0.1, -0.05) is 0 Å². The highest BCUT2D eigenvalue weighted by Gasteiger charge is 2.54. The molecule has 0 fully saturated rings. The van der Waals surface area contributed by atoms with Gasteiger partial charge >= 0.3 is 12.1 Å². The van der Waals surface area contributed by atoms with Crippen molar-refractivity contribution in [3.63, 3.8) is 0 Å². The number of carbonyl (C=O) groups excluding carboxylic acids is 1. The van der Waals surface area contributed by atoms with Crippen molar-refractivity contribution < 1.29 is 27.9 Å². The van der Waals surface area contributed by atoms with E-state index in [0.29, 0.717) is 6.92 Å². The monoisotopic (exact) mass is 256 g/mol. The number of nitrogens with one attached hydrogen (secondary N) is 1. The second-order valence-corrected chi connectivity index (χ2v) is 4.57. The lowest BCUT2D eigenvalue weighted by molar-refractivity contribution is -0.187. The molecule has 0 spiro atoms. The van der Waals surface area contributed by atoms with Crippen molar-refractivity contribution in [3.8, 4) is 0 Å². The largest absolute Gasteiger partial charge is 0.481 e. The van der Waals surface area contributed by atoms with Crippen LogP contribution >= 0.6 is 0 Å². The molecule has 100 valence electrons. The summed E-state index contributed by atoms with van der Waals surface area (Å²) >= 11 is 0. The molecule has 1 atom stereocenters. The summed E-state index contributed by atoms with van der Waals surface area (Å²) in [5.74, 6) is -2.69. The maximum atomic E-state index is 12.4. The number of hydrogen-bond donors (Lipinski definition) is 3. The van der Waals surface area contributed by atoms with E-state index in [4.69, 9.17) is 10.8 Å².